The van der Waals surface area contributed by atoms with Gasteiger partial charge in [0.15, 0.2) is 0 Å². The van der Waals surface area contributed by atoms with E-state index in [1.54, 1.807) is 0 Å². The van der Waals surface area contributed by atoms with E-state index in [1.165, 1.54) is 0 Å². The normalized spacial score (nSPS) is 12.6. The highest BCUT2D eigenvalue weighted by molar-refractivity contribution is 5.35. The molecule has 1 atom stereocenters. The summed E-state index contributed by atoms with van der Waals surface area (Å²) in [5.41, 5.74) is 1.09. The molecule has 1 unspecified atom stereocenters. The second-order valence-corrected chi connectivity index (χ2v) is 5.85. The van der Waals surface area contributed by atoms with Gasteiger partial charge < -0.3 is 14.3 Å². The predicted molar refractivity (Wildman–Crippen MR) is 86.8 cm³/mol. The summed E-state index contributed by atoms with van der Waals surface area (Å²) in [7, 11) is 0. The van der Waals surface area contributed by atoms with E-state index in [-0.39, 0.29) is 13.2 Å². The number of para-hydroxylation sites is 1. The number of aromatic nitrogens is 2. The second kappa shape index (κ2) is 7.97. The Morgan fingerprint density at radius 2 is 2.09 bits per heavy atom. The number of aryl methyl sites for hydroxylation is 1. The highest BCUT2D eigenvalue weighted by Gasteiger charge is 2.14. The molecule has 0 aliphatic heterocycles. The van der Waals surface area contributed by atoms with E-state index in [4.69, 9.17) is 9.15 Å². The van der Waals surface area contributed by atoms with Crippen LogP contribution in [0.5, 0.6) is 5.75 Å². The Morgan fingerprint density at radius 1 is 1.35 bits per heavy atom. The monoisotopic (exact) mass is 320 g/mol. The molecule has 0 radical (unpaired) electrons. The third-order valence-corrected chi connectivity index (χ3v) is 3.47. The minimum absolute atomic E-state index is 0.0515. The molecule has 0 aliphatic carbocycles. The van der Waals surface area contributed by atoms with Crippen LogP contribution in [0, 0.1) is 0 Å². The van der Waals surface area contributed by atoms with Crippen LogP contribution in [0.15, 0.2) is 33.5 Å². The number of ether oxygens (including phenoxy) is 1. The van der Waals surface area contributed by atoms with Gasteiger partial charge in [0.2, 0.25) is 5.89 Å². The van der Waals surface area contributed by atoms with Crippen LogP contribution in [0.25, 0.3) is 0 Å². The lowest BCUT2D eigenvalue weighted by molar-refractivity contribution is 0.0869. The lowest BCUT2D eigenvalue weighted by atomic mass is 10.0. The maximum atomic E-state index is 11.6. The molecule has 2 aromatic rings. The van der Waals surface area contributed by atoms with Gasteiger partial charge in [-0.2, -0.15) is 4.68 Å². The third-order valence-electron chi connectivity index (χ3n) is 3.47. The fraction of sp³-hybridized carbons (Fsp3) is 0.529. The van der Waals surface area contributed by atoms with Crippen LogP contribution in [0.1, 0.15) is 44.6 Å². The Kier molecular flexibility index (Phi) is 5.98. The quantitative estimate of drug-likeness (QED) is 0.808. The van der Waals surface area contributed by atoms with E-state index in [0.717, 1.165) is 22.4 Å². The lowest BCUT2D eigenvalue weighted by Crippen LogP contribution is -2.29. The van der Waals surface area contributed by atoms with E-state index in [9.17, 15) is 9.90 Å². The number of hydrogen-bond donors (Lipinski definition) is 1. The number of nitrogens with zero attached hydrogens (tertiary/aromatic N) is 2. The average Bonchev–Trinajstić information content (AvgIpc) is 2.85. The zero-order valence-electron chi connectivity index (χ0n) is 13.9. The zero-order valence-corrected chi connectivity index (χ0v) is 13.9. The molecule has 1 heterocycles. The first-order valence-corrected chi connectivity index (χ1v) is 7.97. The smallest absolute Gasteiger partial charge is 0.437 e. The van der Waals surface area contributed by atoms with Crippen LogP contribution in [0.4, 0.5) is 0 Å². The second-order valence-electron chi connectivity index (χ2n) is 5.85. The van der Waals surface area contributed by atoms with Crippen LogP contribution in [0.2, 0.25) is 0 Å². The summed E-state index contributed by atoms with van der Waals surface area (Å²) in [6, 6.07) is 7.74. The fourth-order valence-corrected chi connectivity index (χ4v) is 2.31. The van der Waals surface area contributed by atoms with Gasteiger partial charge in [0.25, 0.3) is 0 Å². The van der Waals surface area contributed by atoms with Gasteiger partial charge in [-0.3, -0.25) is 0 Å². The van der Waals surface area contributed by atoms with Crippen molar-refractivity contribution in [3.05, 3.63) is 46.3 Å². The van der Waals surface area contributed by atoms with E-state index >= 15 is 0 Å². The number of benzene rings is 1. The molecular weight excluding hydrogens is 296 g/mol. The number of rotatable bonds is 8. The molecule has 6 heteroatoms. The molecule has 0 amide bonds. The van der Waals surface area contributed by atoms with Crippen molar-refractivity contribution >= 4 is 0 Å². The summed E-state index contributed by atoms with van der Waals surface area (Å²) in [5, 5.41) is 14.2. The molecule has 1 aromatic heterocycles. The van der Waals surface area contributed by atoms with Gasteiger partial charge in [-0.1, -0.05) is 39.0 Å². The van der Waals surface area contributed by atoms with Gasteiger partial charge in [0.1, 0.15) is 18.5 Å². The maximum absolute atomic E-state index is 11.6. The molecule has 0 fully saturated rings. The molecule has 0 saturated carbocycles. The standard InChI is InChI=1S/C17H24N2O4/c1-4-7-16-18-19(17(21)23-16)10-13(20)11-22-15-9-6-5-8-14(15)12(2)3/h5-6,8-9,12-13,20H,4,7,10-11H2,1-3H3. The van der Waals surface area contributed by atoms with Crippen LogP contribution in [-0.2, 0) is 13.0 Å². The largest absolute Gasteiger partial charge is 0.491 e. The van der Waals surface area contributed by atoms with Gasteiger partial charge >= 0.3 is 5.76 Å². The van der Waals surface area contributed by atoms with Gasteiger partial charge in [-0.15, -0.1) is 5.10 Å². The SMILES string of the molecule is CCCc1nn(CC(O)COc2ccccc2C(C)C)c(=O)o1. The summed E-state index contributed by atoms with van der Waals surface area (Å²) >= 11 is 0. The molecule has 0 spiro atoms. The first-order chi connectivity index (χ1) is 11.0. The summed E-state index contributed by atoms with van der Waals surface area (Å²) in [6.07, 6.45) is 0.612. The summed E-state index contributed by atoms with van der Waals surface area (Å²) < 4.78 is 11.9. The molecule has 126 valence electrons. The van der Waals surface area contributed by atoms with E-state index < -0.39 is 11.9 Å². The predicted octanol–water partition coefficient (Wildman–Crippen LogP) is 2.35. The van der Waals surface area contributed by atoms with Crippen molar-refractivity contribution in [2.75, 3.05) is 6.61 Å². The molecule has 0 aliphatic rings. The van der Waals surface area contributed by atoms with Crippen molar-refractivity contribution in [1.29, 1.82) is 0 Å². The Labute approximate surface area is 135 Å². The molecule has 0 saturated heterocycles. The molecule has 6 nitrogen and oxygen atoms in total. The minimum Gasteiger partial charge on any atom is -0.491 e. The van der Waals surface area contributed by atoms with Gasteiger partial charge in [-0.05, 0) is 24.0 Å². The maximum Gasteiger partial charge on any atom is 0.437 e. The van der Waals surface area contributed by atoms with E-state index in [1.807, 2.05) is 31.2 Å². The molecule has 2 rings (SSSR count). The average molecular weight is 320 g/mol. The van der Waals surface area contributed by atoms with Crippen LogP contribution < -0.4 is 10.5 Å². The minimum atomic E-state index is -0.840. The number of aliphatic hydroxyl groups excluding tert-OH is 1. The lowest BCUT2D eigenvalue weighted by Gasteiger charge is -2.16. The fourth-order valence-electron chi connectivity index (χ4n) is 2.31. The first-order valence-electron chi connectivity index (χ1n) is 7.97. The highest BCUT2D eigenvalue weighted by Crippen LogP contribution is 2.25. The van der Waals surface area contributed by atoms with Crippen molar-refractivity contribution in [2.45, 2.75) is 52.2 Å². The van der Waals surface area contributed by atoms with Crippen molar-refractivity contribution < 1.29 is 14.3 Å². The topological polar surface area (TPSA) is 77.5 Å². The van der Waals surface area contributed by atoms with Crippen molar-refractivity contribution in [3.63, 3.8) is 0 Å². The Hall–Kier alpha value is -2.08. The van der Waals surface area contributed by atoms with Gasteiger partial charge in [-0.25, -0.2) is 4.79 Å². The number of aliphatic hydroxyl groups is 1. The van der Waals surface area contributed by atoms with Crippen LogP contribution in [-0.4, -0.2) is 27.6 Å². The Bertz CT molecular complexity index is 675. The van der Waals surface area contributed by atoms with Crippen molar-refractivity contribution in [3.8, 4) is 5.75 Å². The number of hydrogen-bond acceptors (Lipinski definition) is 5. The summed E-state index contributed by atoms with van der Waals surface area (Å²) in [6.45, 7) is 6.29. The van der Waals surface area contributed by atoms with Crippen LogP contribution >= 0.6 is 0 Å². The zero-order chi connectivity index (χ0) is 16.8. The third kappa shape index (κ3) is 4.69. The Balaban J connectivity index is 1.95. The summed E-state index contributed by atoms with van der Waals surface area (Å²) in [5.74, 6) is 0.935. The molecule has 1 aromatic carbocycles. The molecule has 0 bridgehead atoms. The molecule has 23 heavy (non-hydrogen) atoms. The van der Waals surface area contributed by atoms with Gasteiger partial charge in [0, 0.05) is 6.42 Å². The Morgan fingerprint density at radius 3 is 2.78 bits per heavy atom. The van der Waals surface area contributed by atoms with E-state index in [0.29, 0.717) is 18.2 Å². The molecular formula is C17H24N2O4. The highest BCUT2D eigenvalue weighted by atomic mass is 16.5. The van der Waals surface area contributed by atoms with Crippen LogP contribution in [0.3, 0.4) is 0 Å². The molecule has 1 N–H and O–H groups in total. The van der Waals surface area contributed by atoms with Gasteiger partial charge in [0.05, 0.1) is 6.54 Å². The van der Waals surface area contributed by atoms with Crippen molar-refractivity contribution in [1.82, 2.24) is 9.78 Å². The first kappa shape index (κ1) is 17.3. The van der Waals surface area contributed by atoms with Crippen molar-refractivity contribution in [2.24, 2.45) is 0 Å². The van der Waals surface area contributed by atoms with E-state index in [2.05, 4.69) is 18.9 Å². The summed E-state index contributed by atoms with van der Waals surface area (Å²) in [4.78, 5) is 11.6.